The highest BCUT2D eigenvalue weighted by Crippen LogP contribution is 1.90. The van der Waals surface area contributed by atoms with Gasteiger partial charge in [-0.25, -0.2) is 0 Å². The Kier molecular flexibility index (Phi) is 0.982. The van der Waals surface area contributed by atoms with Crippen LogP contribution in [0.2, 0.25) is 0 Å². The molecule has 3 heteroatoms. The Morgan fingerprint density at radius 3 is 2.71 bits per heavy atom. The second-order valence-electron chi connectivity index (χ2n) is 1.78. The first-order valence-corrected chi connectivity index (χ1v) is 2.41. The average Bonchev–Trinajstić information content (AvgIpc) is 1.91. The van der Waals surface area contributed by atoms with Gasteiger partial charge in [0.1, 0.15) is 0 Å². The van der Waals surface area contributed by atoms with Crippen LogP contribution in [0.15, 0.2) is 0 Å². The van der Waals surface area contributed by atoms with Crippen molar-refractivity contribution in [1.82, 2.24) is 5.32 Å². The van der Waals surface area contributed by atoms with Crippen LogP contribution < -0.4 is 11.1 Å². The lowest BCUT2D eigenvalue weighted by atomic mass is 10.3. The molecule has 7 heavy (non-hydrogen) atoms. The smallest absolute Gasteiger partial charge is 0.278 e. The zero-order chi connectivity index (χ0) is 5.28. The SMILES string of the molecule is [NH3+][C@H]1CCNC1=O. The normalized spacial score (nSPS) is 30.4. The van der Waals surface area contributed by atoms with Gasteiger partial charge >= 0.3 is 0 Å². The van der Waals surface area contributed by atoms with E-state index in [1.54, 1.807) is 0 Å². The third-order valence-corrected chi connectivity index (χ3v) is 1.16. The van der Waals surface area contributed by atoms with Crippen LogP contribution in [0, 0.1) is 0 Å². The maximum absolute atomic E-state index is 10.4. The molecule has 1 atom stereocenters. The summed E-state index contributed by atoms with van der Waals surface area (Å²) < 4.78 is 0. The second-order valence-corrected chi connectivity index (χ2v) is 1.78. The number of hydrogen-bond donors (Lipinski definition) is 2. The van der Waals surface area contributed by atoms with Crippen molar-refractivity contribution in [3.63, 3.8) is 0 Å². The molecule has 1 rings (SSSR count). The molecule has 0 radical (unpaired) electrons. The third kappa shape index (κ3) is 0.718. The standard InChI is InChI=1S/C4H8N2O/c5-3-1-2-6-4(3)7/h3H,1-2,5H2,(H,6,7)/p+1/t3-/m0/s1. The number of carbonyl (C=O) groups excluding carboxylic acids is 1. The van der Waals surface area contributed by atoms with Crippen molar-refractivity contribution in [3.8, 4) is 0 Å². The van der Waals surface area contributed by atoms with Crippen molar-refractivity contribution in [3.05, 3.63) is 0 Å². The molecule has 0 aromatic rings. The number of rotatable bonds is 0. The quantitative estimate of drug-likeness (QED) is 0.368. The van der Waals surface area contributed by atoms with Gasteiger partial charge in [0.05, 0.1) is 0 Å². The van der Waals surface area contributed by atoms with Gasteiger partial charge in [0.2, 0.25) is 0 Å². The zero-order valence-electron chi connectivity index (χ0n) is 4.11. The minimum atomic E-state index is 0.0139. The molecule has 0 spiro atoms. The van der Waals surface area contributed by atoms with E-state index < -0.39 is 0 Å². The summed E-state index contributed by atoms with van der Waals surface area (Å²) in [5.74, 6) is 0.0972. The maximum atomic E-state index is 10.4. The fourth-order valence-electron chi connectivity index (χ4n) is 0.645. The largest absolute Gasteiger partial charge is 0.351 e. The lowest BCUT2D eigenvalue weighted by Crippen LogP contribution is -2.63. The van der Waals surface area contributed by atoms with Gasteiger partial charge in [0.15, 0.2) is 6.04 Å². The highest BCUT2D eigenvalue weighted by Gasteiger charge is 2.22. The molecule has 1 amide bonds. The van der Waals surface area contributed by atoms with Crippen molar-refractivity contribution < 1.29 is 10.5 Å². The van der Waals surface area contributed by atoms with Gasteiger partial charge in [-0.15, -0.1) is 0 Å². The Labute approximate surface area is 41.9 Å². The topological polar surface area (TPSA) is 56.7 Å². The first kappa shape index (κ1) is 4.59. The average molecular weight is 101 g/mol. The molecule has 0 aliphatic carbocycles. The van der Waals surface area contributed by atoms with Crippen molar-refractivity contribution in [2.75, 3.05) is 6.54 Å². The summed E-state index contributed by atoms with van der Waals surface area (Å²) in [6.45, 7) is 0.812. The molecule has 1 aliphatic heterocycles. The lowest BCUT2D eigenvalue weighted by molar-refractivity contribution is -0.400. The van der Waals surface area contributed by atoms with Gasteiger partial charge in [0.25, 0.3) is 5.91 Å². The maximum Gasteiger partial charge on any atom is 0.278 e. The molecule has 40 valence electrons. The molecule has 4 N–H and O–H groups in total. The molecule has 0 aromatic carbocycles. The van der Waals surface area contributed by atoms with E-state index in [0.717, 1.165) is 13.0 Å². The van der Waals surface area contributed by atoms with Gasteiger partial charge < -0.3 is 11.1 Å². The van der Waals surface area contributed by atoms with E-state index in [1.807, 2.05) is 0 Å². The van der Waals surface area contributed by atoms with Crippen molar-refractivity contribution in [2.24, 2.45) is 0 Å². The molecular formula is C4H9N2O+. The Bertz CT molecular complexity index is 91.7. The number of hydrogen-bond acceptors (Lipinski definition) is 1. The number of amides is 1. The van der Waals surface area contributed by atoms with Gasteiger partial charge in [-0.05, 0) is 0 Å². The van der Waals surface area contributed by atoms with E-state index in [1.165, 1.54) is 0 Å². The van der Waals surface area contributed by atoms with Crippen LogP contribution in [0.4, 0.5) is 0 Å². The van der Waals surface area contributed by atoms with E-state index >= 15 is 0 Å². The van der Waals surface area contributed by atoms with Crippen LogP contribution in [0.25, 0.3) is 0 Å². The molecule has 0 saturated carbocycles. The Morgan fingerprint density at radius 2 is 2.57 bits per heavy atom. The first-order chi connectivity index (χ1) is 3.30. The first-order valence-electron chi connectivity index (χ1n) is 2.41. The number of carbonyl (C=O) groups is 1. The van der Waals surface area contributed by atoms with E-state index in [-0.39, 0.29) is 11.9 Å². The van der Waals surface area contributed by atoms with Gasteiger partial charge in [-0.1, -0.05) is 0 Å². The van der Waals surface area contributed by atoms with E-state index in [2.05, 4.69) is 11.1 Å². The molecule has 3 nitrogen and oxygen atoms in total. The summed E-state index contributed by atoms with van der Waals surface area (Å²) in [7, 11) is 0. The Morgan fingerprint density at radius 1 is 1.86 bits per heavy atom. The molecule has 1 heterocycles. The Balaban J connectivity index is 2.48. The summed E-state index contributed by atoms with van der Waals surface area (Å²) in [4.78, 5) is 10.4. The third-order valence-electron chi connectivity index (χ3n) is 1.16. The predicted molar refractivity (Wildman–Crippen MR) is 24.3 cm³/mol. The highest BCUT2D eigenvalue weighted by molar-refractivity contribution is 5.81. The summed E-state index contributed by atoms with van der Waals surface area (Å²) in [6, 6.07) is 0.0139. The molecule has 0 aromatic heterocycles. The van der Waals surface area contributed by atoms with Crippen LogP contribution >= 0.6 is 0 Å². The van der Waals surface area contributed by atoms with Crippen molar-refractivity contribution in [2.45, 2.75) is 12.5 Å². The van der Waals surface area contributed by atoms with Crippen LogP contribution in [-0.2, 0) is 4.79 Å². The van der Waals surface area contributed by atoms with E-state index in [0.29, 0.717) is 0 Å². The predicted octanol–water partition coefficient (Wildman–Crippen LogP) is -1.88. The minimum absolute atomic E-state index is 0.0139. The zero-order valence-corrected chi connectivity index (χ0v) is 4.11. The molecule has 0 bridgehead atoms. The molecule has 1 aliphatic rings. The minimum Gasteiger partial charge on any atom is -0.351 e. The molecular weight excluding hydrogens is 92.1 g/mol. The summed E-state index contributed by atoms with van der Waals surface area (Å²) in [5.41, 5.74) is 3.61. The molecule has 0 unspecified atom stereocenters. The van der Waals surface area contributed by atoms with Crippen LogP contribution in [0.1, 0.15) is 6.42 Å². The highest BCUT2D eigenvalue weighted by atomic mass is 16.2. The van der Waals surface area contributed by atoms with Crippen LogP contribution in [0.5, 0.6) is 0 Å². The van der Waals surface area contributed by atoms with E-state index in [9.17, 15) is 4.79 Å². The van der Waals surface area contributed by atoms with Crippen molar-refractivity contribution >= 4 is 5.91 Å². The monoisotopic (exact) mass is 101 g/mol. The lowest BCUT2D eigenvalue weighted by Gasteiger charge is -1.87. The van der Waals surface area contributed by atoms with Crippen LogP contribution in [-0.4, -0.2) is 18.5 Å². The second kappa shape index (κ2) is 1.50. The summed E-state index contributed by atoms with van der Waals surface area (Å²) in [5, 5.41) is 2.67. The number of nitrogens with one attached hydrogen (secondary N) is 1. The fourth-order valence-corrected chi connectivity index (χ4v) is 0.645. The van der Waals surface area contributed by atoms with E-state index in [4.69, 9.17) is 0 Å². The molecule has 1 fully saturated rings. The van der Waals surface area contributed by atoms with Gasteiger partial charge in [-0.2, -0.15) is 0 Å². The van der Waals surface area contributed by atoms with Crippen molar-refractivity contribution in [1.29, 1.82) is 0 Å². The van der Waals surface area contributed by atoms with Gasteiger partial charge in [-0.3, -0.25) is 4.79 Å². The fraction of sp³-hybridized carbons (Fsp3) is 0.750. The molecule has 1 saturated heterocycles. The Hall–Kier alpha value is -0.570. The summed E-state index contributed by atoms with van der Waals surface area (Å²) in [6.07, 6.45) is 0.902. The summed E-state index contributed by atoms with van der Waals surface area (Å²) >= 11 is 0. The number of quaternary nitrogens is 1. The van der Waals surface area contributed by atoms with Crippen LogP contribution in [0.3, 0.4) is 0 Å². The van der Waals surface area contributed by atoms with Gasteiger partial charge in [0, 0.05) is 13.0 Å².